The lowest BCUT2D eigenvalue weighted by Crippen LogP contribution is -2.51. The Bertz CT molecular complexity index is 1200. The second-order valence-corrected chi connectivity index (χ2v) is 7.28. The van der Waals surface area contributed by atoms with Crippen molar-refractivity contribution in [3.05, 3.63) is 72.3 Å². The number of hydrogen-bond donors (Lipinski definition) is 1. The molecule has 0 saturated carbocycles. The number of carbonyl (C=O) groups is 1. The van der Waals surface area contributed by atoms with Crippen LogP contribution in [0.5, 0.6) is 0 Å². The highest BCUT2D eigenvalue weighted by atomic mass is 19.4. The van der Waals surface area contributed by atoms with E-state index in [1.54, 1.807) is 48.5 Å². The van der Waals surface area contributed by atoms with Gasteiger partial charge in [-0.3, -0.25) is 4.79 Å². The van der Waals surface area contributed by atoms with Crippen LogP contribution in [-0.2, 0) is 9.53 Å². The van der Waals surface area contributed by atoms with Crippen molar-refractivity contribution in [1.29, 1.82) is 0 Å². The quantitative estimate of drug-likeness (QED) is 0.391. The number of halogens is 5. The fourth-order valence-electron chi connectivity index (χ4n) is 3.87. The van der Waals surface area contributed by atoms with Crippen LogP contribution in [-0.4, -0.2) is 30.9 Å². The Morgan fingerprint density at radius 3 is 2.31 bits per heavy atom. The van der Waals surface area contributed by atoms with Gasteiger partial charge in [0, 0.05) is 0 Å². The molecule has 0 amide bonds. The molecule has 0 radical (unpaired) electrons. The summed E-state index contributed by atoms with van der Waals surface area (Å²) in [5, 5.41) is 4.29. The second-order valence-electron chi connectivity index (χ2n) is 7.28. The summed E-state index contributed by atoms with van der Waals surface area (Å²) in [5.74, 6) is -8.67. The maximum absolute atomic E-state index is 14.7. The highest BCUT2D eigenvalue weighted by Gasteiger charge is 2.65. The molecular weight excluding hydrogens is 431 g/mol. The molecule has 1 aliphatic heterocycles. The van der Waals surface area contributed by atoms with Crippen molar-refractivity contribution < 1.29 is 31.5 Å². The number of rotatable bonds is 3. The van der Waals surface area contributed by atoms with Crippen LogP contribution in [0, 0.1) is 5.92 Å². The number of hydrogen-bond acceptors (Lipinski definition) is 4. The van der Waals surface area contributed by atoms with Crippen molar-refractivity contribution in [2.24, 2.45) is 10.9 Å². The number of nitrogens with zero attached hydrogens (tertiary/aromatic N) is 1. The smallest absolute Gasteiger partial charge is 0.459 e. The minimum Gasteiger partial charge on any atom is -0.468 e. The molecule has 3 aromatic rings. The van der Waals surface area contributed by atoms with E-state index >= 15 is 0 Å². The van der Waals surface area contributed by atoms with Gasteiger partial charge in [-0.05, 0) is 28.5 Å². The van der Waals surface area contributed by atoms with Gasteiger partial charge >= 0.3 is 18.1 Å². The summed E-state index contributed by atoms with van der Waals surface area (Å²) >= 11 is 0. The maximum Gasteiger partial charge on any atom is 0.459 e. The van der Waals surface area contributed by atoms with Crippen LogP contribution >= 0.6 is 0 Å². The number of aliphatic imine (C=N–C) groups is 1. The third kappa shape index (κ3) is 3.57. The van der Waals surface area contributed by atoms with Gasteiger partial charge in [0.05, 0.1) is 24.5 Å². The first-order valence-corrected chi connectivity index (χ1v) is 9.60. The van der Waals surface area contributed by atoms with Crippen LogP contribution in [0.15, 0.2) is 71.7 Å². The van der Waals surface area contributed by atoms with Crippen molar-refractivity contribution in [2.75, 3.05) is 12.4 Å². The molecule has 0 fully saturated rings. The van der Waals surface area contributed by atoms with Gasteiger partial charge in [-0.25, -0.2) is 4.99 Å². The van der Waals surface area contributed by atoms with Gasteiger partial charge in [0.15, 0.2) is 0 Å². The van der Waals surface area contributed by atoms with E-state index in [0.29, 0.717) is 10.9 Å². The number of esters is 1. The molecule has 1 heterocycles. The summed E-state index contributed by atoms with van der Waals surface area (Å²) < 4.78 is 74.5. The van der Waals surface area contributed by atoms with E-state index in [9.17, 15) is 26.7 Å². The van der Waals surface area contributed by atoms with Crippen LogP contribution < -0.4 is 5.32 Å². The Hall–Kier alpha value is -3.49. The molecule has 1 N–H and O–H groups in total. The molecule has 2 unspecified atom stereocenters. The van der Waals surface area contributed by atoms with Crippen LogP contribution in [0.4, 0.5) is 33.3 Å². The average Bonchev–Trinajstić information content (AvgIpc) is 2.95. The normalized spacial score (nSPS) is 18.9. The first-order chi connectivity index (χ1) is 15.1. The average molecular weight is 448 g/mol. The van der Waals surface area contributed by atoms with Gasteiger partial charge in [0.25, 0.3) is 0 Å². The van der Waals surface area contributed by atoms with Gasteiger partial charge in [-0.15, -0.1) is 0 Å². The molecule has 2 atom stereocenters. The van der Waals surface area contributed by atoms with Gasteiger partial charge in [0.1, 0.15) is 11.6 Å². The summed E-state index contributed by atoms with van der Waals surface area (Å²) in [6.07, 6.45) is -5.96. The molecule has 0 aliphatic carbocycles. The summed E-state index contributed by atoms with van der Waals surface area (Å²) in [4.78, 5) is 16.4. The molecule has 1 aliphatic rings. The predicted molar refractivity (Wildman–Crippen MR) is 110 cm³/mol. The number of ether oxygens (including phenoxy) is 1. The maximum atomic E-state index is 14.7. The molecule has 4 nitrogen and oxygen atoms in total. The van der Waals surface area contributed by atoms with Crippen LogP contribution in [0.25, 0.3) is 10.8 Å². The van der Waals surface area contributed by atoms with E-state index in [2.05, 4.69) is 15.0 Å². The summed E-state index contributed by atoms with van der Waals surface area (Å²) in [5.41, 5.74) is -1.18. The summed E-state index contributed by atoms with van der Waals surface area (Å²) in [7, 11) is 0.934. The highest BCUT2D eigenvalue weighted by molar-refractivity contribution is 6.10. The Morgan fingerprint density at radius 1 is 0.938 bits per heavy atom. The molecule has 166 valence electrons. The molecule has 0 bridgehead atoms. The van der Waals surface area contributed by atoms with E-state index in [1.165, 1.54) is 18.2 Å². The SMILES string of the molecule is COC(=O)C1C(C(F)(F)C(F)(F)F)=Nc2ccccc2NC1c1cccc2ccccc12. The molecule has 4 rings (SSSR count). The highest BCUT2D eigenvalue weighted by Crippen LogP contribution is 2.46. The number of fused-ring (bicyclic) bond motifs is 2. The van der Waals surface area contributed by atoms with Crippen LogP contribution in [0.3, 0.4) is 0 Å². The second kappa shape index (κ2) is 7.89. The van der Waals surface area contributed by atoms with Crippen molar-refractivity contribution in [1.82, 2.24) is 0 Å². The van der Waals surface area contributed by atoms with E-state index in [-0.39, 0.29) is 11.4 Å². The Morgan fingerprint density at radius 2 is 1.59 bits per heavy atom. The number of alkyl halides is 5. The van der Waals surface area contributed by atoms with Crippen molar-refractivity contribution in [3.63, 3.8) is 0 Å². The fourth-order valence-corrected chi connectivity index (χ4v) is 3.87. The number of anilines is 1. The lowest BCUT2D eigenvalue weighted by atomic mass is 9.84. The number of methoxy groups -OCH3 is 1. The summed E-state index contributed by atoms with van der Waals surface area (Å²) in [6, 6.07) is 16.5. The third-order valence-corrected chi connectivity index (χ3v) is 5.38. The topological polar surface area (TPSA) is 50.7 Å². The Kier molecular flexibility index (Phi) is 5.36. The predicted octanol–water partition coefficient (Wildman–Crippen LogP) is 6.07. The molecule has 32 heavy (non-hydrogen) atoms. The zero-order valence-electron chi connectivity index (χ0n) is 16.7. The fraction of sp³-hybridized carbons (Fsp3) is 0.217. The van der Waals surface area contributed by atoms with E-state index in [4.69, 9.17) is 0 Å². The lowest BCUT2D eigenvalue weighted by Gasteiger charge is -2.31. The largest absolute Gasteiger partial charge is 0.468 e. The molecule has 0 saturated heterocycles. The van der Waals surface area contributed by atoms with Gasteiger partial charge in [0.2, 0.25) is 0 Å². The van der Waals surface area contributed by atoms with Crippen LogP contribution in [0.2, 0.25) is 0 Å². The molecule has 3 aromatic carbocycles. The van der Waals surface area contributed by atoms with Gasteiger partial charge in [-0.2, -0.15) is 22.0 Å². The summed E-state index contributed by atoms with van der Waals surface area (Å²) in [6.45, 7) is 0. The van der Waals surface area contributed by atoms with Crippen LogP contribution in [0.1, 0.15) is 11.6 Å². The number of para-hydroxylation sites is 2. The van der Waals surface area contributed by atoms with Gasteiger partial charge < -0.3 is 10.1 Å². The Balaban J connectivity index is 2.03. The molecule has 0 spiro atoms. The van der Waals surface area contributed by atoms with Crippen molar-refractivity contribution in [3.8, 4) is 0 Å². The third-order valence-electron chi connectivity index (χ3n) is 5.38. The zero-order valence-corrected chi connectivity index (χ0v) is 16.7. The molecule has 9 heteroatoms. The number of carbonyl (C=O) groups excluding carboxylic acids is 1. The van der Waals surface area contributed by atoms with E-state index in [0.717, 1.165) is 12.5 Å². The first kappa shape index (κ1) is 21.7. The first-order valence-electron chi connectivity index (χ1n) is 9.60. The monoisotopic (exact) mass is 448 g/mol. The molecular formula is C23H17F5N2O2. The lowest BCUT2D eigenvalue weighted by molar-refractivity contribution is -0.250. The minimum atomic E-state index is -5.96. The molecule has 0 aromatic heterocycles. The standard InChI is InChI=1S/C23H17F5N2O2/c1-32-21(31)18-19(15-10-6-8-13-7-2-3-9-14(13)15)29-16-11-4-5-12-17(16)30-20(18)22(24,25)23(26,27)28/h2-12,18-19,29H,1H3. The number of nitrogens with one attached hydrogen (secondary N) is 1. The van der Waals surface area contributed by atoms with E-state index in [1.807, 2.05) is 0 Å². The number of benzene rings is 3. The zero-order chi connectivity index (χ0) is 23.1. The van der Waals surface area contributed by atoms with Crippen molar-refractivity contribution in [2.45, 2.75) is 18.1 Å². The van der Waals surface area contributed by atoms with Crippen molar-refractivity contribution >= 4 is 33.8 Å². The van der Waals surface area contributed by atoms with Gasteiger partial charge in [-0.1, -0.05) is 54.6 Å². The minimum absolute atomic E-state index is 0.136. The Labute approximate surface area is 179 Å². The van der Waals surface area contributed by atoms with E-state index < -0.39 is 35.7 Å².